The van der Waals surface area contributed by atoms with Gasteiger partial charge in [0.15, 0.2) is 0 Å². The predicted molar refractivity (Wildman–Crippen MR) is 171 cm³/mol. The summed E-state index contributed by atoms with van der Waals surface area (Å²) in [6.07, 6.45) is 5.21. The standard InChI is InChI=1S/C39H25N3O/c1-4-15-33-29(12-1)30-13-2-5-16-34(30)39(33,37-18-7-8-21-40-37)27-10-9-11-28(25-27)42-35-17-6-3-14-31(35)32-20-19-26(24-36(32)42)38-41-22-23-43-38/h1-25H. The van der Waals surface area contributed by atoms with Gasteiger partial charge >= 0.3 is 0 Å². The van der Waals surface area contributed by atoms with E-state index in [0.29, 0.717) is 5.89 Å². The van der Waals surface area contributed by atoms with E-state index < -0.39 is 5.41 Å². The number of fused-ring (bicyclic) bond motifs is 6. The third-order valence-electron chi connectivity index (χ3n) is 8.89. The highest BCUT2D eigenvalue weighted by Gasteiger charge is 2.47. The first-order chi connectivity index (χ1) is 21.3. The first-order valence-electron chi connectivity index (χ1n) is 14.5. The topological polar surface area (TPSA) is 43.9 Å². The maximum atomic E-state index is 5.68. The van der Waals surface area contributed by atoms with E-state index in [9.17, 15) is 0 Å². The number of pyridine rings is 1. The van der Waals surface area contributed by atoms with E-state index in [0.717, 1.165) is 28.0 Å². The Kier molecular flexibility index (Phi) is 5.08. The highest BCUT2D eigenvalue weighted by atomic mass is 16.3. The minimum absolute atomic E-state index is 0.563. The molecule has 4 heteroatoms. The number of oxazole rings is 1. The van der Waals surface area contributed by atoms with Gasteiger partial charge in [-0.25, -0.2) is 4.98 Å². The third-order valence-corrected chi connectivity index (χ3v) is 8.89. The fraction of sp³-hybridized carbons (Fsp3) is 0.0256. The van der Waals surface area contributed by atoms with Crippen LogP contribution in [0.5, 0.6) is 0 Å². The average molecular weight is 552 g/mol. The zero-order valence-corrected chi connectivity index (χ0v) is 23.2. The van der Waals surface area contributed by atoms with Crippen molar-refractivity contribution in [3.05, 3.63) is 175 Å². The van der Waals surface area contributed by atoms with Gasteiger partial charge in [-0.2, -0.15) is 0 Å². The molecule has 3 heterocycles. The van der Waals surface area contributed by atoms with Gasteiger partial charge in [0.25, 0.3) is 0 Å². The molecule has 0 spiro atoms. The zero-order chi connectivity index (χ0) is 28.4. The van der Waals surface area contributed by atoms with Crippen molar-refractivity contribution >= 4 is 21.8 Å². The lowest BCUT2D eigenvalue weighted by Gasteiger charge is -2.33. The number of hydrogen-bond donors (Lipinski definition) is 0. The van der Waals surface area contributed by atoms with Gasteiger partial charge in [-0.3, -0.25) is 4.98 Å². The monoisotopic (exact) mass is 551 g/mol. The molecule has 0 N–H and O–H groups in total. The van der Waals surface area contributed by atoms with Gasteiger partial charge in [0, 0.05) is 28.2 Å². The SMILES string of the molecule is c1ccc(C2(c3cccc(-n4c5ccccc5c5ccc(-c6ncco6)cc54)c3)c3ccccc3-c3ccccc32)nc1. The average Bonchev–Trinajstić information content (AvgIpc) is 3.80. The number of aromatic nitrogens is 3. The minimum Gasteiger partial charge on any atom is -0.445 e. The van der Waals surface area contributed by atoms with Gasteiger partial charge in [0.1, 0.15) is 6.26 Å². The second-order valence-electron chi connectivity index (χ2n) is 11.0. The van der Waals surface area contributed by atoms with E-state index in [1.807, 2.05) is 12.3 Å². The Labute approximate surface area is 248 Å². The van der Waals surface area contributed by atoms with E-state index in [1.54, 1.807) is 12.5 Å². The van der Waals surface area contributed by atoms with Crippen LogP contribution in [0.25, 0.3) is 50.1 Å². The van der Waals surface area contributed by atoms with Gasteiger partial charge in [0.05, 0.1) is 28.3 Å². The maximum absolute atomic E-state index is 5.68. The van der Waals surface area contributed by atoms with E-state index >= 15 is 0 Å². The summed E-state index contributed by atoms with van der Waals surface area (Å²) >= 11 is 0. The predicted octanol–water partition coefficient (Wildman–Crippen LogP) is 9.20. The molecule has 1 aliphatic rings. The van der Waals surface area contributed by atoms with Crippen molar-refractivity contribution in [1.82, 2.24) is 14.5 Å². The summed E-state index contributed by atoms with van der Waals surface area (Å²) in [7, 11) is 0. The lowest BCUT2D eigenvalue weighted by molar-refractivity contribution is 0.574. The molecule has 0 saturated heterocycles. The quantitative estimate of drug-likeness (QED) is 0.219. The number of nitrogens with zero attached hydrogens (tertiary/aromatic N) is 3. The Bertz CT molecular complexity index is 2250. The van der Waals surface area contributed by atoms with Crippen molar-refractivity contribution in [2.45, 2.75) is 5.41 Å². The molecule has 0 bridgehead atoms. The molecule has 4 nitrogen and oxygen atoms in total. The van der Waals surface area contributed by atoms with Crippen LogP contribution in [0, 0.1) is 0 Å². The van der Waals surface area contributed by atoms with E-state index in [2.05, 4.69) is 137 Å². The highest BCUT2D eigenvalue weighted by molar-refractivity contribution is 6.10. The Hall–Kier alpha value is -5.74. The van der Waals surface area contributed by atoms with Crippen LogP contribution in [0.1, 0.15) is 22.4 Å². The summed E-state index contributed by atoms with van der Waals surface area (Å²) in [6, 6.07) is 47.8. The van der Waals surface area contributed by atoms with Crippen LogP contribution in [0.15, 0.2) is 157 Å². The van der Waals surface area contributed by atoms with Crippen LogP contribution in [0.2, 0.25) is 0 Å². The molecule has 9 rings (SSSR count). The molecule has 202 valence electrons. The van der Waals surface area contributed by atoms with E-state index in [-0.39, 0.29) is 0 Å². The molecule has 3 aromatic heterocycles. The summed E-state index contributed by atoms with van der Waals surface area (Å²) < 4.78 is 8.04. The molecule has 0 unspecified atom stereocenters. The first-order valence-corrected chi connectivity index (χ1v) is 14.5. The van der Waals surface area contributed by atoms with Crippen LogP contribution in [0.3, 0.4) is 0 Å². The molecule has 5 aromatic carbocycles. The molecule has 0 atom stereocenters. The maximum Gasteiger partial charge on any atom is 0.225 e. The summed E-state index contributed by atoms with van der Waals surface area (Å²) in [5.41, 5.74) is 10.9. The normalized spacial score (nSPS) is 13.3. The largest absolute Gasteiger partial charge is 0.445 e. The Balaban J connectivity index is 1.36. The molecule has 0 saturated carbocycles. The third kappa shape index (κ3) is 3.32. The second-order valence-corrected chi connectivity index (χ2v) is 11.0. The van der Waals surface area contributed by atoms with Crippen LogP contribution in [-0.4, -0.2) is 14.5 Å². The molecule has 8 aromatic rings. The number of hydrogen-bond acceptors (Lipinski definition) is 3. The molecular weight excluding hydrogens is 526 g/mol. The van der Waals surface area contributed by atoms with Crippen molar-refractivity contribution in [3.8, 4) is 28.3 Å². The van der Waals surface area contributed by atoms with Crippen molar-refractivity contribution in [2.75, 3.05) is 0 Å². The zero-order valence-electron chi connectivity index (χ0n) is 23.2. The van der Waals surface area contributed by atoms with Crippen LogP contribution in [-0.2, 0) is 5.41 Å². The van der Waals surface area contributed by atoms with Crippen LogP contribution < -0.4 is 0 Å². The van der Waals surface area contributed by atoms with Crippen LogP contribution >= 0.6 is 0 Å². The Morgan fingerprint density at radius 3 is 2.07 bits per heavy atom. The van der Waals surface area contributed by atoms with E-state index in [1.165, 1.54) is 38.6 Å². The lowest BCUT2D eigenvalue weighted by Crippen LogP contribution is -2.29. The smallest absolute Gasteiger partial charge is 0.225 e. The molecule has 0 radical (unpaired) electrons. The Morgan fingerprint density at radius 1 is 0.558 bits per heavy atom. The first kappa shape index (κ1) is 23.9. The van der Waals surface area contributed by atoms with Gasteiger partial charge in [-0.15, -0.1) is 0 Å². The second kappa shape index (κ2) is 9.13. The van der Waals surface area contributed by atoms with Crippen molar-refractivity contribution in [3.63, 3.8) is 0 Å². The van der Waals surface area contributed by atoms with E-state index in [4.69, 9.17) is 9.40 Å². The van der Waals surface area contributed by atoms with Crippen LogP contribution in [0.4, 0.5) is 0 Å². The molecule has 1 aliphatic carbocycles. The minimum atomic E-state index is -0.563. The summed E-state index contributed by atoms with van der Waals surface area (Å²) in [6.45, 7) is 0. The number of para-hydroxylation sites is 1. The number of rotatable bonds is 4. The van der Waals surface area contributed by atoms with Gasteiger partial charge in [0.2, 0.25) is 5.89 Å². The molecule has 0 fully saturated rings. The summed E-state index contributed by atoms with van der Waals surface area (Å²) in [5, 5.41) is 2.39. The van der Waals surface area contributed by atoms with Gasteiger partial charge < -0.3 is 8.98 Å². The highest BCUT2D eigenvalue weighted by Crippen LogP contribution is 2.55. The molecular formula is C39H25N3O. The van der Waals surface area contributed by atoms with Crippen molar-refractivity contribution < 1.29 is 4.42 Å². The summed E-state index contributed by atoms with van der Waals surface area (Å²) in [5.74, 6) is 0.612. The molecule has 0 amide bonds. The van der Waals surface area contributed by atoms with Crippen molar-refractivity contribution in [1.29, 1.82) is 0 Å². The fourth-order valence-corrected chi connectivity index (χ4v) is 7.18. The molecule has 43 heavy (non-hydrogen) atoms. The summed E-state index contributed by atoms with van der Waals surface area (Å²) in [4.78, 5) is 9.43. The van der Waals surface area contributed by atoms with Crippen molar-refractivity contribution in [2.24, 2.45) is 0 Å². The lowest BCUT2D eigenvalue weighted by atomic mass is 9.69. The molecule has 0 aliphatic heterocycles. The van der Waals surface area contributed by atoms with Gasteiger partial charge in [-0.05, 0) is 70.3 Å². The van der Waals surface area contributed by atoms with Gasteiger partial charge in [-0.1, -0.05) is 91.0 Å². The fourth-order valence-electron chi connectivity index (χ4n) is 7.18. The number of benzene rings is 5. The Morgan fingerprint density at radius 2 is 1.30 bits per heavy atom.